The quantitative estimate of drug-likeness (QED) is 0.649. The predicted molar refractivity (Wildman–Crippen MR) is 106 cm³/mol. The Labute approximate surface area is 163 Å². The maximum atomic E-state index is 12.8. The zero-order chi connectivity index (χ0) is 19.5. The van der Waals surface area contributed by atoms with E-state index in [-0.39, 0.29) is 17.6 Å². The van der Waals surface area contributed by atoms with E-state index in [0.717, 1.165) is 24.8 Å². The minimum Gasteiger partial charge on any atom is -0.378 e. The number of nitro groups is 1. The lowest BCUT2D eigenvalue weighted by molar-refractivity contribution is -0.384. The van der Waals surface area contributed by atoms with Gasteiger partial charge in [-0.2, -0.15) is 0 Å². The first-order valence-corrected chi connectivity index (χ1v) is 9.63. The van der Waals surface area contributed by atoms with Gasteiger partial charge in [-0.3, -0.25) is 14.9 Å². The van der Waals surface area contributed by atoms with Crippen LogP contribution in [0.3, 0.4) is 0 Å². The lowest BCUT2D eigenvalue weighted by atomic mass is 9.87. The summed E-state index contributed by atoms with van der Waals surface area (Å²) in [4.78, 5) is 25.9. The molecule has 2 aliphatic rings. The molecule has 0 bridgehead atoms. The Morgan fingerprint density at radius 2 is 1.96 bits per heavy atom. The van der Waals surface area contributed by atoms with Gasteiger partial charge in [-0.15, -0.1) is 0 Å². The van der Waals surface area contributed by atoms with Crippen molar-refractivity contribution in [1.82, 2.24) is 5.32 Å². The molecule has 1 amide bonds. The molecule has 1 atom stereocenters. The van der Waals surface area contributed by atoms with Crippen LogP contribution in [0.15, 0.2) is 42.5 Å². The molecule has 28 heavy (non-hydrogen) atoms. The fourth-order valence-electron chi connectivity index (χ4n) is 4.03. The Kier molecular flexibility index (Phi) is 5.25. The van der Waals surface area contributed by atoms with Gasteiger partial charge in [-0.1, -0.05) is 24.3 Å². The van der Waals surface area contributed by atoms with E-state index in [4.69, 9.17) is 4.74 Å². The first-order chi connectivity index (χ1) is 13.6. The summed E-state index contributed by atoms with van der Waals surface area (Å²) in [7, 11) is 0. The van der Waals surface area contributed by atoms with Crippen molar-refractivity contribution in [2.24, 2.45) is 0 Å². The number of aryl methyl sites for hydroxylation is 1. The van der Waals surface area contributed by atoms with Crippen molar-refractivity contribution in [3.8, 4) is 0 Å². The molecule has 7 heteroatoms. The van der Waals surface area contributed by atoms with Gasteiger partial charge in [-0.05, 0) is 42.5 Å². The Hall–Kier alpha value is -2.93. The van der Waals surface area contributed by atoms with Gasteiger partial charge in [-0.25, -0.2) is 0 Å². The predicted octanol–water partition coefficient (Wildman–Crippen LogP) is 3.24. The van der Waals surface area contributed by atoms with Crippen LogP contribution in [0, 0.1) is 10.1 Å². The van der Waals surface area contributed by atoms with Crippen molar-refractivity contribution >= 4 is 17.3 Å². The van der Waals surface area contributed by atoms with Gasteiger partial charge in [0.2, 0.25) is 0 Å². The normalized spacial score (nSPS) is 19.0. The molecule has 0 unspecified atom stereocenters. The van der Waals surface area contributed by atoms with Gasteiger partial charge in [0, 0.05) is 24.7 Å². The van der Waals surface area contributed by atoms with E-state index in [0.29, 0.717) is 37.6 Å². The third kappa shape index (κ3) is 3.71. The van der Waals surface area contributed by atoms with Gasteiger partial charge >= 0.3 is 0 Å². The summed E-state index contributed by atoms with van der Waals surface area (Å²) in [5.41, 5.74) is 3.20. The molecule has 0 radical (unpaired) electrons. The van der Waals surface area contributed by atoms with Crippen molar-refractivity contribution < 1.29 is 14.5 Å². The standard InChI is InChI=1S/C21H23N3O4/c25-21(22-18-7-3-5-15-4-1-2-6-17(15)18)16-8-9-19(20(14-16)24(26)27)23-10-12-28-13-11-23/h1-2,4,6,8-9,14,18H,3,5,7,10-13H2,(H,22,25)/t18-/m1/s1. The summed E-state index contributed by atoms with van der Waals surface area (Å²) >= 11 is 0. The highest BCUT2D eigenvalue weighted by Gasteiger charge is 2.25. The molecular weight excluding hydrogens is 358 g/mol. The Morgan fingerprint density at radius 3 is 2.75 bits per heavy atom. The maximum absolute atomic E-state index is 12.8. The number of benzene rings is 2. The third-order valence-corrected chi connectivity index (χ3v) is 5.46. The van der Waals surface area contributed by atoms with Crippen LogP contribution in [0.5, 0.6) is 0 Å². The second kappa shape index (κ2) is 7.98. The molecule has 7 nitrogen and oxygen atoms in total. The molecule has 146 valence electrons. The van der Waals surface area contributed by atoms with Gasteiger partial charge < -0.3 is 15.0 Å². The van der Waals surface area contributed by atoms with E-state index >= 15 is 0 Å². The van der Waals surface area contributed by atoms with Gasteiger partial charge in [0.05, 0.1) is 24.2 Å². The molecule has 0 spiro atoms. The topological polar surface area (TPSA) is 84.7 Å². The number of hydrogen-bond donors (Lipinski definition) is 1. The van der Waals surface area contributed by atoms with Gasteiger partial charge in [0.1, 0.15) is 5.69 Å². The van der Waals surface area contributed by atoms with Gasteiger partial charge in [0.15, 0.2) is 0 Å². The van der Waals surface area contributed by atoms with Crippen LogP contribution < -0.4 is 10.2 Å². The van der Waals surface area contributed by atoms with Crippen molar-refractivity contribution in [1.29, 1.82) is 0 Å². The summed E-state index contributed by atoms with van der Waals surface area (Å²) in [6.45, 7) is 2.29. The minimum absolute atomic E-state index is 0.0430. The number of carbonyl (C=O) groups excluding carboxylic acids is 1. The number of ether oxygens (including phenoxy) is 1. The number of hydrogen-bond acceptors (Lipinski definition) is 5. The SMILES string of the molecule is O=C(N[C@@H]1CCCc2ccccc21)c1ccc(N2CCOCC2)c([N+](=O)[O-])c1. The molecule has 1 heterocycles. The number of nitro benzene ring substituents is 1. The number of carbonyl (C=O) groups is 1. The molecule has 1 aliphatic carbocycles. The summed E-state index contributed by atoms with van der Waals surface area (Å²) < 4.78 is 5.32. The average Bonchev–Trinajstić information content (AvgIpc) is 2.74. The molecule has 1 N–H and O–H groups in total. The first kappa shape index (κ1) is 18.4. The lowest BCUT2D eigenvalue weighted by Crippen LogP contribution is -2.36. The molecule has 2 aromatic carbocycles. The van der Waals surface area contributed by atoms with Crippen molar-refractivity contribution in [2.75, 3.05) is 31.2 Å². The van der Waals surface area contributed by atoms with Crippen LogP contribution in [0.25, 0.3) is 0 Å². The number of anilines is 1. The first-order valence-electron chi connectivity index (χ1n) is 9.63. The Morgan fingerprint density at radius 1 is 1.18 bits per heavy atom. The summed E-state index contributed by atoms with van der Waals surface area (Å²) in [6.07, 6.45) is 2.90. The molecule has 2 aromatic rings. The number of nitrogens with one attached hydrogen (secondary N) is 1. The summed E-state index contributed by atoms with van der Waals surface area (Å²) in [6, 6.07) is 12.8. The molecule has 1 saturated heterocycles. The maximum Gasteiger partial charge on any atom is 0.293 e. The molecule has 1 fully saturated rings. The van der Waals surface area contributed by atoms with E-state index < -0.39 is 4.92 Å². The zero-order valence-electron chi connectivity index (χ0n) is 15.6. The van der Waals surface area contributed by atoms with E-state index in [1.54, 1.807) is 12.1 Å². The van der Waals surface area contributed by atoms with Crippen LogP contribution in [-0.2, 0) is 11.2 Å². The van der Waals surface area contributed by atoms with Crippen LogP contribution in [0.2, 0.25) is 0 Å². The van der Waals surface area contributed by atoms with Crippen LogP contribution in [0.1, 0.15) is 40.4 Å². The second-order valence-corrected chi connectivity index (χ2v) is 7.18. The number of fused-ring (bicyclic) bond motifs is 1. The van der Waals surface area contributed by atoms with E-state index in [1.165, 1.54) is 11.6 Å². The molecule has 1 aliphatic heterocycles. The molecule has 0 saturated carbocycles. The van der Waals surface area contributed by atoms with Gasteiger partial charge in [0.25, 0.3) is 11.6 Å². The fourth-order valence-corrected chi connectivity index (χ4v) is 4.03. The van der Waals surface area contributed by atoms with Crippen LogP contribution in [-0.4, -0.2) is 37.1 Å². The van der Waals surface area contributed by atoms with E-state index in [9.17, 15) is 14.9 Å². The number of rotatable bonds is 4. The van der Waals surface area contributed by atoms with Crippen molar-refractivity contribution in [3.05, 3.63) is 69.3 Å². The summed E-state index contributed by atoms with van der Waals surface area (Å²) in [5, 5.41) is 14.7. The third-order valence-electron chi connectivity index (χ3n) is 5.46. The van der Waals surface area contributed by atoms with Crippen LogP contribution >= 0.6 is 0 Å². The average molecular weight is 381 g/mol. The summed E-state index contributed by atoms with van der Waals surface area (Å²) in [5.74, 6) is -0.279. The van der Waals surface area contributed by atoms with E-state index in [1.807, 2.05) is 23.1 Å². The number of amides is 1. The molecule has 0 aromatic heterocycles. The highest BCUT2D eigenvalue weighted by atomic mass is 16.6. The minimum atomic E-state index is -0.419. The largest absolute Gasteiger partial charge is 0.378 e. The zero-order valence-corrected chi connectivity index (χ0v) is 15.6. The lowest BCUT2D eigenvalue weighted by Gasteiger charge is -2.28. The Balaban J connectivity index is 1.56. The number of morpholine rings is 1. The van der Waals surface area contributed by atoms with Crippen molar-refractivity contribution in [3.63, 3.8) is 0 Å². The highest BCUT2D eigenvalue weighted by molar-refractivity contribution is 5.96. The second-order valence-electron chi connectivity index (χ2n) is 7.18. The van der Waals surface area contributed by atoms with Crippen LogP contribution in [0.4, 0.5) is 11.4 Å². The smallest absolute Gasteiger partial charge is 0.293 e. The molecular formula is C21H23N3O4. The Bertz CT molecular complexity index is 893. The van der Waals surface area contributed by atoms with E-state index in [2.05, 4.69) is 11.4 Å². The van der Waals surface area contributed by atoms with Crippen molar-refractivity contribution in [2.45, 2.75) is 25.3 Å². The monoisotopic (exact) mass is 381 g/mol. The highest BCUT2D eigenvalue weighted by Crippen LogP contribution is 2.32. The number of nitrogens with zero attached hydrogens (tertiary/aromatic N) is 2. The fraction of sp³-hybridized carbons (Fsp3) is 0.381. The molecule has 4 rings (SSSR count).